The van der Waals surface area contributed by atoms with Gasteiger partial charge in [0.15, 0.2) is 5.82 Å². The number of aromatic nitrogens is 5. The average Bonchev–Trinajstić information content (AvgIpc) is 3.33. The topological polar surface area (TPSA) is 130 Å². The lowest BCUT2D eigenvalue weighted by molar-refractivity contribution is 0.421. The van der Waals surface area contributed by atoms with Gasteiger partial charge in [0.2, 0.25) is 0 Å². The lowest BCUT2D eigenvalue weighted by Gasteiger charge is -2.06. The molecule has 0 amide bonds. The fourth-order valence-corrected chi connectivity index (χ4v) is 2.97. The summed E-state index contributed by atoms with van der Waals surface area (Å²) < 4.78 is 42.4. The molecule has 11 heteroatoms. The third kappa shape index (κ3) is 3.40. The highest BCUT2D eigenvalue weighted by Gasteiger charge is 2.17. The van der Waals surface area contributed by atoms with E-state index in [1.807, 2.05) is 0 Å². The van der Waals surface area contributed by atoms with Crippen molar-refractivity contribution in [2.75, 3.05) is 0 Å². The number of rotatable bonds is 5. The van der Waals surface area contributed by atoms with Gasteiger partial charge in [-0.1, -0.05) is 23.4 Å². The molecular weight excluding hydrogens is 389 g/mol. The van der Waals surface area contributed by atoms with Crippen LogP contribution < -0.4 is 5.56 Å². The predicted molar refractivity (Wildman–Crippen MR) is 94.3 cm³/mol. The molecule has 1 aromatic carbocycles. The van der Waals surface area contributed by atoms with Crippen molar-refractivity contribution in [1.29, 1.82) is 0 Å². The van der Waals surface area contributed by atoms with Gasteiger partial charge in [-0.05, 0) is 23.2 Å². The van der Waals surface area contributed by atoms with Crippen LogP contribution in [0, 0.1) is 5.82 Å². The van der Waals surface area contributed by atoms with Crippen LogP contribution >= 0.6 is 0 Å². The van der Waals surface area contributed by atoms with E-state index in [0.29, 0.717) is 17.0 Å². The lowest BCUT2D eigenvalue weighted by Crippen LogP contribution is -2.15. The van der Waals surface area contributed by atoms with Gasteiger partial charge >= 0.3 is 0 Å². The highest BCUT2D eigenvalue weighted by Crippen LogP contribution is 2.24. The first-order chi connectivity index (χ1) is 13.5. The molecule has 142 valence electrons. The Bertz CT molecular complexity index is 1220. The van der Waals surface area contributed by atoms with Crippen LogP contribution in [0.3, 0.4) is 0 Å². The lowest BCUT2D eigenvalue weighted by atomic mass is 10.2. The molecule has 4 aromatic rings. The summed E-state index contributed by atoms with van der Waals surface area (Å²) in [6.07, 6.45) is 2.33. The second-order valence-electron chi connectivity index (χ2n) is 5.71. The molecule has 3 aromatic heterocycles. The average molecular weight is 400 g/mol. The van der Waals surface area contributed by atoms with Gasteiger partial charge in [-0.3, -0.25) is 13.7 Å². The first-order valence-corrected chi connectivity index (χ1v) is 9.01. The van der Waals surface area contributed by atoms with E-state index in [4.69, 9.17) is 4.52 Å². The van der Waals surface area contributed by atoms with Crippen molar-refractivity contribution in [3.8, 4) is 22.9 Å². The summed E-state index contributed by atoms with van der Waals surface area (Å²) in [5.41, 5.74) is 0.806. The van der Waals surface area contributed by atoms with Gasteiger partial charge < -0.3 is 14.1 Å². The normalized spacial score (nSPS) is 12.2. The summed E-state index contributed by atoms with van der Waals surface area (Å²) >= 11 is -2.70. The van der Waals surface area contributed by atoms with E-state index in [9.17, 15) is 17.9 Å². The van der Waals surface area contributed by atoms with E-state index in [-0.39, 0.29) is 23.9 Å². The van der Waals surface area contributed by atoms with Gasteiger partial charge in [0.05, 0.1) is 12.2 Å². The van der Waals surface area contributed by atoms with Gasteiger partial charge in [-0.15, -0.1) is 0 Å². The fourth-order valence-electron chi connectivity index (χ4n) is 2.62. The van der Waals surface area contributed by atoms with E-state index in [0.717, 1.165) is 6.20 Å². The molecule has 4 rings (SSSR count). The zero-order chi connectivity index (χ0) is 19.7. The van der Waals surface area contributed by atoms with Gasteiger partial charge in [0, 0.05) is 17.8 Å². The van der Waals surface area contributed by atoms with Crippen molar-refractivity contribution >= 4 is 11.1 Å². The molecule has 0 radical (unpaired) electrons. The maximum atomic E-state index is 14.1. The van der Waals surface area contributed by atoms with Crippen molar-refractivity contribution in [2.24, 2.45) is 0 Å². The van der Waals surface area contributed by atoms with E-state index < -0.39 is 21.5 Å². The maximum Gasteiger partial charge on any atom is 0.266 e. The van der Waals surface area contributed by atoms with Gasteiger partial charge in [0.1, 0.15) is 28.4 Å². The molecule has 0 aliphatic rings. The third-order valence-electron chi connectivity index (χ3n) is 3.95. The van der Waals surface area contributed by atoms with Crippen LogP contribution in [0.25, 0.3) is 22.9 Å². The molecule has 0 fully saturated rings. The summed E-state index contributed by atoms with van der Waals surface area (Å²) in [7, 11) is 0. The number of nitrogens with zero attached hydrogens (tertiary/aromatic N) is 4. The monoisotopic (exact) mass is 400 g/mol. The first-order valence-electron chi connectivity index (χ1n) is 7.94. The van der Waals surface area contributed by atoms with Crippen LogP contribution in [0.1, 0.15) is 5.56 Å². The summed E-state index contributed by atoms with van der Waals surface area (Å²) in [6, 6.07) is 9.46. The minimum Gasteiger partial charge on any atom is -0.768 e. The van der Waals surface area contributed by atoms with Crippen LogP contribution in [0.5, 0.6) is 0 Å². The molecule has 1 unspecified atom stereocenters. The predicted octanol–water partition coefficient (Wildman–Crippen LogP) is 1.71. The molecule has 0 aliphatic carbocycles. The van der Waals surface area contributed by atoms with E-state index >= 15 is 0 Å². The SMILES string of the molecule is O=c1[nH]c(-c2cc(-c3ccon3)n(Cc3ccccc3F)n2)ncc1S(=O)[O-]. The molecule has 0 saturated heterocycles. The Labute approximate surface area is 159 Å². The number of H-pyrrole nitrogens is 1. The number of nitrogens with one attached hydrogen (secondary N) is 1. The molecule has 0 saturated carbocycles. The summed E-state index contributed by atoms with van der Waals surface area (Å²) in [6.45, 7) is 0.0990. The molecule has 9 nitrogen and oxygen atoms in total. The Kier molecular flexibility index (Phi) is 4.67. The van der Waals surface area contributed by atoms with Crippen molar-refractivity contribution in [3.05, 3.63) is 70.6 Å². The number of aromatic amines is 1. The quantitative estimate of drug-likeness (QED) is 0.505. The summed E-state index contributed by atoms with van der Waals surface area (Å²) in [5, 5.41) is 8.24. The van der Waals surface area contributed by atoms with Crippen molar-refractivity contribution in [2.45, 2.75) is 11.4 Å². The minimum absolute atomic E-state index is 0.0660. The highest BCUT2D eigenvalue weighted by molar-refractivity contribution is 7.79. The number of halogens is 1. The largest absolute Gasteiger partial charge is 0.768 e. The number of hydrogen-bond donors (Lipinski definition) is 1. The summed E-state index contributed by atoms with van der Waals surface area (Å²) in [5.74, 6) is -0.323. The molecule has 28 heavy (non-hydrogen) atoms. The molecule has 1 atom stereocenters. The van der Waals surface area contributed by atoms with Crippen LogP contribution in [-0.4, -0.2) is 33.7 Å². The van der Waals surface area contributed by atoms with Gasteiger partial charge in [-0.25, -0.2) is 9.37 Å². The Morgan fingerprint density at radius 3 is 2.75 bits per heavy atom. The van der Waals surface area contributed by atoms with Crippen LogP contribution in [0.15, 0.2) is 63.1 Å². The molecular formula is C17H11FN5O4S-. The van der Waals surface area contributed by atoms with Crippen molar-refractivity contribution in [3.63, 3.8) is 0 Å². The molecule has 1 N–H and O–H groups in total. The Hall–Kier alpha value is -3.44. The third-order valence-corrected chi connectivity index (χ3v) is 4.60. The molecule has 0 spiro atoms. The van der Waals surface area contributed by atoms with Gasteiger partial charge in [0.25, 0.3) is 5.56 Å². The molecule has 3 heterocycles. The Morgan fingerprint density at radius 2 is 2.07 bits per heavy atom. The standard InChI is InChI=1S/C17H12FN5O4S/c18-11-4-2-1-3-10(11)9-23-14(12-5-6-27-22-12)7-13(21-23)16-19-8-15(28(25)26)17(24)20-16/h1-8H,9H2,(H,25,26)(H,19,20,24)/p-1. The Morgan fingerprint density at radius 1 is 1.25 bits per heavy atom. The highest BCUT2D eigenvalue weighted by atomic mass is 32.2. The molecule has 0 bridgehead atoms. The Balaban J connectivity index is 1.80. The van der Waals surface area contributed by atoms with Gasteiger partial charge in [-0.2, -0.15) is 5.10 Å². The van der Waals surface area contributed by atoms with E-state index in [1.165, 1.54) is 17.0 Å². The molecule has 0 aliphatic heterocycles. The number of benzene rings is 1. The van der Waals surface area contributed by atoms with E-state index in [2.05, 4.69) is 20.2 Å². The van der Waals surface area contributed by atoms with Crippen molar-refractivity contribution < 1.29 is 17.7 Å². The smallest absolute Gasteiger partial charge is 0.266 e. The second kappa shape index (κ2) is 7.29. The zero-order valence-corrected chi connectivity index (χ0v) is 14.9. The van der Waals surface area contributed by atoms with Crippen LogP contribution in [0.4, 0.5) is 4.39 Å². The second-order valence-corrected chi connectivity index (χ2v) is 6.62. The zero-order valence-electron chi connectivity index (χ0n) is 14.0. The minimum atomic E-state index is -2.70. The van der Waals surface area contributed by atoms with Crippen LogP contribution in [-0.2, 0) is 17.6 Å². The van der Waals surface area contributed by atoms with E-state index in [1.54, 1.807) is 30.3 Å². The summed E-state index contributed by atoms with van der Waals surface area (Å²) in [4.78, 5) is 17.8. The maximum absolute atomic E-state index is 14.1. The number of hydrogen-bond acceptors (Lipinski definition) is 7. The van der Waals surface area contributed by atoms with Crippen molar-refractivity contribution in [1.82, 2.24) is 24.9 Å². The first kappa shape index (κ1) is 17.9. The van der Waals surface area contributed by atoms with Crippen LogP contribution in [0.2, 0.25) is 0 Å². The fraction of sp³-hybridized carbons (Fsp3) is 0.0588.